The van der Waals surface area contributed by atoms with Crippen LogP contribution < -0.4 is 29.2 Å². The van der Waals surface area contributed by atoms with Crippen molar-refractivity contribution >= 4 is 23.2 Å². The molecule has 0 aliphatic carbocycles. The van der Waals surface area contributed by atoms with Crippen LogP contribution in [0.2, 0.25) is 0 Å². The van der Waals surface area contributed by atoms with Gasteiger partial charge in [-0.1, -0.05) is 18.2 Å². The number of carbonyl (C=O) groups is 2. The molecule has 0 aromatic heterocycles. The predicted octanol–water partition coefficient (Wildman–Crippen LogP) is 4.78. The van der Waals surface area contributed by atoms with Crippen LogP contribution in [0.15, 0.2) is 60.7 Å². The molecule has 2 amide bonds. The molecule has 194 valence electrons. The third-order valence-corrected chi connectivity index (χ3v) is 6.11. The van der Waals surface area contributed by atoms with Crippen LogP contribution in [-0.4, -0.2) is 45.3 Å². The van der Waals surface area contributed by atoms with E-state index >= 15 is 0 Å². The Bertz CT molecular complexity index is 1280. The molecule has 1 N–H and O–H groups in total. The number of nitrogens with zero attached hydrogens (tertiary/aromatic N) is 1. The average Bonchev–Trinajstić information content (AvgIpc) is 2.89. The van der Waals surface area contributed by atoms with Crippen molar-refractivity contribution in [1.82, 2.24) is 0 Å². The van der Waals surface area contributed by atoms with E-state index in [1.54, 1.807) is 44.2 Å². The van der Waals surface area contributed by atoms with Crippen LogP contribution in [0.1, 0.15) is 24.5 Å². The van der Waals surface area contributed by atoms with Gasteiger partial charge in [-0.2, -0.15) is 0 Å². The molecule has 1 unspecified atom stereocenters. The number of rotatable bonds is 10. The summed E-state index contributed by atoms with van der Waals surface area (Å²) in [5, 5.41) is 2.93. The van der Waals surface area contributed by atoms with E-state index in [1.165, 1.54) is 0 Å². The summed E-state index contributed by atoms with van der Waals surface area (Å²) in [6.45, 7) is 4.40. The van der Waals surface area contributed by atoms with E-state index in [0.29, 0.717) is 48.2 Å². The molecule has 8 heteroatoms. The van der Waals surface area contributed by atoms with Gasteiger partial charge < -0.3 is 29.2 Å². The van der Waals surface area contributed by atoms with Crippen molar-refractivity contribution < 1.29 is 28.5 Å². The van der Waals surface area contributed by atoms with Gasteiger partial charge in [-0.05, 0) is 73.9 Å². The maximum Gasteiger partial charge on any atom is 0.267 e. The van der Waals surface area contributed by atoms with Crippen molar-refractivity contribution in [2.24, 2.45) is 0 Å². The Labute approximate surface area is 217 Å². The van der Waals surface area contributed by atoms with Crippen LogP contribution in [0, 0.1) is 6.92 Å². The van der Waals surface area contributed by atoms with Crippen molar-refractivity contribution in [3.05, 3.63) is 71.8 Å². The number of benzene rings is 3. The van der Waals surface area contributed by atoms with Gasteiger partial charge in [0.1, 0.15) is 18.1 Å². The summed E-state index contributed by atoms with van der Waals surface area (Å²) >= 11 is 0. The fraction of sp³-hybridized carbons (Fsp3) is 0.310. The number of ether oxygens (including phenoxy) is 4. The molecule has 0 saturated carbocycles. The van der Waals surface area contributed by atoms with Gasteiger partial charge in [0.2, 0.25) is 5.91 Å². The SMILES string of the molecule is COc1ccc(CCC(=O)Nc2ccc3c(c2)N(CCOc2cccc(C)c2)C(=O)C(C)O3)cc1OC. The summed E-state index contributed by atoms with van der Waals surface area (Å²) in [7, 11) is 3.17. The Morgan fingerprint density at radius 2 is 1.84 bits per heavy atom. The van der Waals surface area contributed by atoms with E-state index in [1.807, 2.05) is 49.4 Å². The lowest BCUT2D eigenvalue weighted by Crippen LogP contribution is -2.46. The van der Waals surface area contributed by atoms with Gasteiger partial charge >= 0.3 is 0 Å². The quantitative estimate of drug-likeness (QED) is 0.428. The minimum Gasteiger partial charge on any atom is -0.493 e. The van der Waals surface area contributed by atoms with Gasteiger partial charge in [-0.3, -0.25) is 9.59 Å². The molecule has 0 spiro atoms. The zero-order valence-electron chi connectivity index (χ0n) is 21.6. The molecule has 37 heavy (non-hydrogen) atoms. The number of nitrogens with one attached hydrogen (secondary N) is 1. The van der Waals surface area contributed by atoms with Crippen molar-refractivity contribution in [2.75, 3.05) is 37.6 Å². The van der Waals surface area contributed by atoms with Crippen LogP contribution in [0.3, 0.4) is 0 Å². The van der Waals surface area contributed by atoms with Crippen LogP contribution in [-0.2, 0) is 16.0 Å². The maximum atomic E-state index is 12.9. The number of fused-ring (bicyclic) bond motifs is 1. The predicted molar refractivity (Wildman–Crippen MR) is 142 cm³/mol. The highest BCUT2D eigenvalue weighted by atomic mass is 16.5. The van der Waals surface area contributed by atoms with Crippen molar-refractivity contribution in [3.63, 3.8) is 0 Å². The normalized spacial score (nSPS) is 14.4. The van der Waals surface area contributed by atoms with Crippen molar-refractivity contribution in [3.8, 4) is 23.0 Å². The third-order valence-electron chi connectivity index (χ3n) is 6.11. The number of aryl methyl sites for hydroxylation is 2. The number of anilines is 2. The second-order valence-electron chi connectivity index (χ2n) is 8.83. The van der Waals surface area contributed by atoms with Crippen molar-refractivity contribution in [2.45, 2.75) is 32.8 Å². The monoisotopic (exact) mass is 504 g/mol. The second kappa shape index (κ2) is 11.7. The summed E-state index contributed by atoms with van der Waals surface area (Å²) < 4.78 is 22.3. The Kier molecular flexibility index (Phi) is 8.18. The number of hydrogen-bond acceptors (Lipinski definition) is 6. The molecule has 1 aliphatic heterocycles. The molecular formula is C29H32N2O6. The number of hydrogen-bond donors (Lipinski definition) is 1. The molecule has 0 fully saturated rings. The van der Waals surface area contributed by atoms with Crippen molar-refractivity contribution in [1.29, 1.82) is 0 Å². The summed E-state index contributed by atoms with van der Waals surface area (Å²) in [5.74, 6) is 2.32. The summed E-state index contributed by atoms with van der Waals surface area (Å²) in [4.78, 5) is 27.3. The standard InChI is InChI=1S/C29H32N2O6/c1-19-6-5-7-23(16-19)36-15-14-31-24-18-22(10-12-25(24)37-20(2)29(31)33)30-28(32)13-9-21-8-11-26(34-3)27(17-21)35-4/h5-8,10-12,16-18,20H,9,13-15H2,1-4H3,(H,30,32). The highest BCUT2D eigenvalue weighted by molar-refractivity contribution is 6.01. The number of amides is 2. The maximum absolute atomic E-state index is 12.9. The molecule has 0 bridgehead atoms. The largest absolute Gasteiger partial charge is 0.493 e. The Balaban J connectivity index is 1.40. The fourth-order valence-corrected chi connectivity index (χ4v) is 4.19. The Hall–Kier alpha value is -4.20. The summed E-state index contributed by atoms with van der Waals surface area (Å²) in [5.41, 5.74) is 3.26. The summed E-state index contributed by atoms with van der Waals surface area (Å²) in [6, 6.07) is 18.7. The van der Waals surface area contributed by atoms with Crippen LogP contribution in [0.4, 0.5) is 11.4 Å². The van der Waals surface area contributed by atoms with Gasteiger partial charge in [0.05, 0.1) is 26.5 Å². The number of methoxy groups -OCH3 is 2. The lowest BCUT2D eigenvalue weighted by atomic mass is 10.1. The molecular weight excluding hydrogens is 472 g/mol. The Morgan fingerprint density at radius 1 is 1.03 bits per heavy atom. The van der Waals surface area contributed by atoms with Gasteiger partial charge in [0, 0.05) is 12.1 Å². The average molecular weight is 505 g/mol. The van der Waals surface area contributed by atoms with E-state index in [9.17, 15) is 9.59 Å². The molecule has 0 saturated heterocycles. The van der Waals surface area contributed by atoms with Gasteiger partial charge in [-0.25, -0.2) is 0 Å². The highest BCUT2D eigenvalue weighted by Gasteiger charge is 2.31. The fourth-order valence-electron chi connectivity index (χ4n) is 4.19. The Morgan fingerprint density at radius 3 is 2.59 bits per heavy atom. The lowest BCUT2D eigenvalue weighted by Gasteiger charge is -2.33. The van der Waals surface area contributed by atoms with Gasteiger partial charge in [-0.15, -0.1) is 0 Å². The first kappa shape index (κ1) is 25.9. The van der Waals surface area contributed by atoms with E-state index in [2.05, 4.69) is 5.32 Å². The van der Waals surface area contributed by atoms with Gasteiger partial charge in [0.15, 0.2) is 17.6 Å². The van der Waals surface area contributed by atoms with Crippen LogP contribution in [0.25, 0.3) is 0 Å². The molecule has 3 aromatic rings. The van der Waals surface area contributed by atoms with Gasteiger partial charge in [0.25, 0.3) is 5.91 Å². The van der Waals surface area contributed by atoms with E-state index < -0.39 is 6.10 Å². The van der Waals surface area contributed by atoms with E-state index in [0.717, 1.165) is 16.9 Å². The molecule has 1 heterocycles. The third kappa shape index (κ3) is 6.33. The zero-order chi connectivity index (χ0) is 26.4. The second-order valence-corrected chi connectivity index (χ2v) is 8.83. The van der Waals surface area contributed by atoms with E-state index in [-0.39, 0.29) is 18.2 Å². The van der Waals surface area contributed by atoms with E-state index in [4.69, 9.17) is 18.9 Å². The van der Waals surface area contributed by atoms with Crippen LogP contribution >= 0.6 is 0 Å². The molecule has 8 nitrogen and oxygen atoms in total. The molecule has 3 aromatic carbocycles. The molecule has 1 atom stereocenters. The first-order chi connectivity index (χ1) is 17.9. The number of carbonyl (C=O) groups excluding carboxylic acids is 2. The first-order valence-corrected chi connectivity index (χ1v) is 12.2. The first-order valence-electron chi connectivity index (χ1n) is 12.2. The smallest absolute Gasteiger partial charge is 0.267 e. The summed E-state index contributed by atoms with van der Waals surface area (Å²) in [6.07, 6.45) is 0.222. The zero-order valence-corrected chi connectivity index (χ0v) is 21.6. The van der Waals surface area contributed by atoms with Crippen LogP contribution in [0.5, 0.6) is 23.0 Å². The molecule has 4 rings (SSSR count). The molecule has 0 radical (unpaired) electrons. The highest BCUT2D eigenvalue weighted by Crippen LogP contribution is 2.36. The topological polar surface area (TPSA) is 86.3 Å². The minimum atomic E-state index is -0.603. The minimum absolute atomic E-state index is 0.138. The lowest BCUT2D eigenvalue weighted by molar-refractivity contribution is -0.125. The molecule has 1 aliphatic rings.